The van der Waals surface area contributed by atoms with Gasteiger partial charge < -0.3 is 5.32 Å². The van der Waals surface area contributed by atoms with E-state index in [-0.39, 0.29) is 0 Å². The van der Waals surface area contributed by atoms with E-state index >= 15 is 0 Å². The van der Waals surface area contributed by atoms with Gasteiger partial charge in [-0.3, -0.25) is 4.68 Å². The number of aromatic nitrogens is 3. The minimum Gasteiger partial charge on any atom is -0.314 e. The van der Waals surface area contributed by atoms with Crippen molar-refractivity contribution < 1.29 is 0 Å². The van der Waals surface area contributed by atoms with E-state index in [0.29, 0.717) is 6.04 Å². The second-order valence-corrected chi connectivity index (χ2v) is 3.88. The standard InChI is InChI=1S/C11H22N4/c1-4-6-10(12-5-2)7-8-11-13-9-14-15(11)3/h9-10,12H,4-8H2,1-3H3. The molecule has 0 saturated heterocycles. The molecule has 0 aliphatic rings. The van der Waals surface area contributed by atoms with E-state index in [2.05, 4.69) is 29.2 Å². The van der Waals surface area contributed by atoms with Gasteiger partial charge in [-0.05, 0) is 19.4 Å². The average Bonchev–Trinajstić information content (AvgIpc) is 2.61. The summed E-state index contributed by atoms with van der Waals surface area (Å²) in [6, 6.07) is 0.622. The molecule has 0 aromatic carbocycles. The molecule has 86 valence electrons. The van der Waals surface area contributed by atoms with Crippen LogP contribution in [0, 0.1) is 0 Å². The minimum atomic E-state index is 0.622. The van der Waals surface area contributed by atoms with Crippen LogP contribution in [0.25, 0.3) is 0 Å². The van der Waals surface area contributed by atoms with Crippen LogP contribution in [0.3, 0.4) is 0 Å². The van der Waals surface area contributed by atoms with E-state index < -0.39 is 0 Å². The Kier molecular flexibility index (Phi) is 5.32. The fourth-order valence-corrected chi connectivity index (χ4v) is 1.84. The van der Waals surface area contributed by atoms with Crippen LogP contribution in [0.1, 0.15) is 38.9 Å². The molecule has 0 bridgehead atoms. The van der Waals surface area contributed by atoms with E-state index in [1.54, 1.807) is 6.33 Å². The third-order valence-corrected chi connectivity index (χ3v) is 2.65. The van der Waals surface area contributed by atoms with Gasteiger partial charge in [-0.1, -0.05) is 20.3 Å². The monoisotopic (exact) mass is 210 g/mol. The van der Waals surface area contributed by atoms with Crippen LogP contribution in [-0.2, 0) is 13.5 Å². The maximum Gasteiger partial charge on any atom is 0.138 e. The summed E-state index contributed by atoms with van der Waals surface area (Å²) in [6.45, 7) is 5.43. The summed E-state index contributed by atoms with van der Waals surface area (Å²) in [4.78, 5) is 4.23. The molecule has 0 aliphatic carbocycles. The number of rotatable bonds is 7. The van der Waals surface area contributed by atoms with Crippen LogP contribution >= 0.6 is 0 Å². The first-order chi connectivity index (χ1) is 7.27. The maximum atomic E-state index is 4.23. The number of hydrogen-bond acceptors (Lipinski definition) is 3. The maximum absolute atomic E-state index is 4.23. The molecular weight excluding hydrogens is 188 g/mol. The van der Waals surface area contributed by atoms with Crippen molar-refractivity contribution in [1.82, 2.24) is 20.1 Å². The Morgan fingerprint density at radius 1 is 1.40 bits per heavy atom. The van der Waals surface area contributed by atoms with Crippen molar-refractivity contribution in [2.45, 2.75) is 45.6 Å². The molecule has 0 fully saturated rings. The number of nitrogens with zero attached hydrogens (tertiary/aromatic N) is 3. The molecule has 1 rings (SSSR count). The molecule has 0 amide bonds. The first-order valence-electron chi connectivity index (χ1n) is 5.84. The summed E-state index contributed by atoms with van der Waals surface area (Å²) in [5.41, 5.74) is 0. The van der Waals surface area contributed by atoms with E-state index in [9.17, 15) is 0 Å². The number of nitrogens with one attached hydrogen (secondary N) is 1. The quantitative estimate of drug-likeness (QED) is 0.742. The van der Waals surface area contributed by atoms with E-state index in [4.69, 9.17) is 0 Å². The Morgan fingerprint density at radius 2 is 2.20 bits per heavy atom. The van der Waals surface area contributed by atoms with Crippen molar-refractivity contribution in [3.8, 4) is 0 Å². The predicted octanol–water partition coefficient (Wildman–Crippen LogP) is 1.53. The largest absolute Gasteiger partial charge is 0.314 e. The molecular formula is C11H22N4. The predicted molar refractivity (Wildman–Crippen MR) is 61.7 cm³/mol. The number of aryl methyl sites for hydroxylation is 2. The highest BCUT2D eigenvalue weighted by molar-refractivity contribution is 4.85. The molecule has 0 saturated carbocycles. The fraction of sp³-hybridized carbons (Fsp3) is 0.818. The molecule has 0 radical (unpaired) electrons. The molecule has 1 heterocycles. The van der Waals surface area contributed by atoms with Crippen LogP contribution in [0.4, 0.5) is 0 Å². The van der Waals surface area contributed by atoms with Gasteiger partial charge in [0.1, 0.15) is 12.2 Å². The molecule has 1 aromatic rings. The molecule has 0 aliphatic heterocycles. The highest BCUT2D eigenvalue weighted by atomic mass is 15.3. The van der Waals surface area contributed by atoms with E-state index in [0.717, 1.165) is 25.2 Å². The van der Waals surface area contributed by atoms with Crippen LogP contribution < -0.4 is 5.32 Å². The lowest BCUT2D eigenvalue weighted by Gasteiger charge is -2.16. The summed E-state index contributed by atoms with van der Waals surface area (Å²) in [6.07, 6.45) is 6.25. The lowest BCUT2D eigenvalue weighted by molar-refractivity contribution is 0.452. The van der Waals surface area contributed by atoms with Gasteiger partial charge in [0, 0.05) is 19.5 Å². The lowest BCUT2D eigenvalue weighted by atomic mass is 10.1. The molecule has 1 aromatic heterocycles. The second-order valence-electron chi connectivity index (χ2n) is 3.88. The summed E-state index contributed by atoms with van der Waals surface area (Å²) in [7, 11) is 1.95. The van der Waals surface area contributed by atoms with Gasteiger partial charge in [0.05, 0.1) is 0 Å². The van der Waals surface area contributed by atoms with Crippen molar-refractivity contribution >= 4 is 0 Å². The van der Waals surface area contributed by atoms with Gasteiger partial charge in [-0.25, -0.2) is 4.98 Å². The summed E-state index contributed by atoms with van der Waals surface area (Å²) < 4.78 is 1.86. The molecule has 1 unspecified atom stereocenters. The van der Waals surface area contributed by atoms with Crippen LogP contribution in [0.2, 0.25) is 0 Å². The Balaban J connectivity index is 2.36. The van der Waals surface area contributed by atoms with Crippen molar-refractivity contribution in [1.29, 1.82) is 0 Å². The van der Waals surface area contributed by atoms with Gasteiger partial charge in [-0.2, -0.15) is 5.10 Å². The average molecular weight is 210 g/mol. The van der Waals surface area contributed by atoms with Gasteiger partial charge in [0.15, 0.2) is 0 Å². The minimum absolute atomic E-state index is 0.622. The summed E-state index contributed by atoms with van der Waals surface area (Å²) in [5.74, 6) is 1.08. The van der Waals surface area contributed by atoms with Crippen molar-refractivity contribution in [2.75, 3.05) is 6.54 Å². The Morgan fingerprint density at radius 3 is 2.73 bits per heavy atom. The van der Waals surface area contributed by atoms with E-state index in [1.165, 1.54) is 12.8 Å². The molecule has 15 heavy (non-hydrogen) atoms. The first-order valence-corrected chi connectivity index (χ1v) is 5.84. The van der Waals surface area contributed by atoms with Crippen LogP contribution in [0.5, 0.6) is 0 Å². The van der Waals surface area contributed by atoms with Gasteiger partial charge in [0.2, 0.25) is 0 Å². The Labute approximate surface area is 92.1 Å². The highest BCUT2D eigenvalue weighted by Gasteiger charge is 2.08. The lowest BCUT2D eigenvalue weighted by Crippen LogP contribution is -2.29. The summed E-state index contributed by atoms with van der Waals surface area (Å²) >= 11 is 0. The van der Waals surface area contributed by atoms with Crippen molar-refractivity contribution in [3.63, 3.8) is 0 Å². The molecule has 1 atom stereocenters. The van der Waals surface area contributed by atoms with Crippen LogP contribution in [0.15, 0.2) is 6.33 Å². The third-order valence-electron chi connectivity index (χ3n) is 2.65. The van der Waals surface area contributed by atoms with Gasteiger partial charge >= 0.3 is 0 Å². The zero-order chi connectivity index (χ0) is 11.1. The second kappa shape index (κ2) is 6.56. The van der Waals surface area contributed by atoms with Crippen molar-refractivity contribution in [2.24, 2.45) is 7.05 Å². The fourth-order valence-electron chi connectivity index (χ4n) is 1.84. The first kappa shape index (κ1) is 12.2. The van der Waals surface area contributed by atoms with E-state index in [1.807, 2.05) is 11.7 Å². The normalized spacial score (nSPS) is 13.0. The zero-order valence-corrected chi connectivity index (χ0v) is 10.0. The third kappa shape index (κ3) is 4.00. The smallest absolute Gasteiger partial charge is 0.138 e. The SMILES string of the molecule is CCCC(CCc1ncnn1C)NCC. The Hall–Kier alpha value is -0.900. The van der Waals surface area contributed by atoms with Crippen LogP contribution in [-0.4, -0.2) is 27.4 Å². The molecule has 0 spiro atoms. The summed E-state index contributed by atoms with van der Waals surface area (Å²) in [5, 5.41) is 7.58. The van der Waals surface area contributed by atoms with Gasteiger partial charge in [0.25, 0.3) is 0 Å². The zero-order valence-electron chi connectivity index (χ0n) is 10.0. The van der Waals surface area contributed by atoms with Gasteiger partial charge in [-0.15, -0.1) is 0 Å². The molecule has 1 N–H and O–H groups in total. The number of hydrogen-bond donors (Lipinski definition) is 1. The molecule has 4 nitrogen and oxygen atoms in total. The Bertz CT molecular complexity index is 263. The highest BCUT2D eigenvalue weighted by Crippen LogP contribution is 2.06. The van der Waals surface area contributed by atoms with Crippen molar-refractivity contribution in [3.05, 3.63) is 12.2 Å². The molecule has 4 heteroatoms. The topological polar surface area (TPSA) is 42.7 Å².